The number of hydrogen-bond donors (Lipinski definition) is 2. The van der Waals surface area contributed by atoms with Gasteiger partial charge in [-0.1, -0.05) is 6.92 Å². The maximum Gasteiger partial charge on any atom is 0.237 e. The summed E-state index contributed by atoms with van der Waals surface area (Å²) in [5.41, 5.74) is 0.775. The molecular weight excluding hydrogens is 292 g/mol. The number of nitrogens with one attached hydrogen (secondary N) is 1. The quantitative estimate of drug-likeness (QED) is 0.379. The molecule has 3 N–H and O–H groups in total. The minimum absolute atomic E-state index is 0.136. The first-order chi connectivity index (χ1) is 9.76. The Kier molecular flexibility index (Phi) is 3.65. The van der Waals surface area contributed by atoms with Gasteiger partial charge in [-0.2, -0.15) is 0 Å². The zero-order valence-electron chi connectivity index (χ0n) is 11.0. The molecule has 4 nitrogen and oxygen atoms in total. The van der Waals surface area contributed by atoms with Gasteiger partial charge in [0.25, 0.3) is 0 Å². The minimum Gasteiger partial charge on any atom is -0.394 e. The number of carbonyl (C=O) groups is 2. The number of halogens is 4. The fraction of sp³-hybridized carbons (Fsp3) is 0.385. The molecule has 2 rings (SSSR count). The van der Waals surface area contributed by atoms with Gasteiger partial charge in [0.2, 0.25) is 11.8 Å². The number of imide groups is 1. The maximum absolute atomic E-state index is 14.1. The maximum atomic E-state index is 14.1. The zero-order valence-corrected chi connectivity index (χ0v) is 11.0. The predicted molar refractivity (Wildman–Crippen MR) is 65.0 cm³/mol. The Bertz CT molecular complexity index is 619. The van der Waals surface area contributed by atoms with Crippen molar-refractivity contribution in [1.82, 2.24) is 5.32 Å². The molecule has 1 aliphatic rings. The van der Waals surface area contributed by atoms with E-state index in [0.29, 0.717) is 0 Å². The molecule has 1 atom stereocenters. The van der Waals surface area contributed by atoms with E-state index < -0.39 is 51.7 Å². The average Bonchev–Trinajstić information content (AvgIpc) is 2.45. The lowest BCUT2D eigenvalue weighted by molar-refractivity contribution is -0.138. The monoisotopic (exact) mass is 304 g/mol. The predicted octanol–water partition coefficient (Wildman–Crippen LogP) is 1.91. The molecule has 1 aliphatic heterocycles. The van der Waals surface area contributed by atoms with Crippen molar-refractivity contribution in [2.24, 2.45) is 0 Å². The van der Waals surface area contributed by atoms with Gasteiger partial charge in [0.1, 0.15) is 5.69 Å². The molecule has 2 amide bonds. The lowest BCUT2D eigenvalue weighted by Gasteiger charge is -2.35. The highest BCUT2D eigenvalue weighted by Gasteiger charge is 2.48. The summed E-state index contributed by atoms with van der Waals surface area (Å²) in [6.07, 6.45) is -0.570. The molecule has 0 saturated carbocycles. The summed E-state index contributed by atoms with van der Waals surface area (Å²) in [4.78, 5) is 23.2. The van der Waals surface area contributed by atoms with Crippen LogP contribution >= 0.6 is 0 Å². The van der Waals surface area contributed by atoms with E-state index in [1.807, 2.05) is 5.32 Å². The molecule has 1 aromatic carbocycles. The Morgan fingerprint density at radius 1 is 1.10 bits per heavy atom. The Morgan fingerprint density at radius 3 is 2.05 bits per heavy atom. The summed E-state index contributed by atoms with van der Waals surface area (Å²) in [5, 5.41) is 1.94. The van der Waals surface area contributed by atoms with Crippen molar-refractivity contribution >= 4 is 17.5 Å². The molecule has 0 aliphatic carbocycles. The van der Waals surface area contributed by atoms with Crippen LogP contribution < -0.4 is 11.1 Å². The van der Waals surface area contributed by atoms with Crippen LogP contribution in [0.2, 0.25) is 0 Å². The van der Waals surface area contributed by atoms with Gasteiger partial charge >= 0.3 is 0 Å². The van der Waals surface area contributed by atoms with E-state index in [9.17, 15) is 27.2 Å². The number of amides is 2. The van der Waals surface area contributed by atoms with Gasteiger partial charge in [0, 0.05) is 12.0 Å². The van der Waals surface area contributed by atoms with Crippen LogP contribution in [-0.2, 0) is 15.0 Å². The Labute approximate surface area is 117 Å². The summed E-state index contributed by atoms with van der Waals surface area (Å²) < 4.78 is 55.3. The summed E-state index contributed by atoms with van der Waals surface area (Å²) in [7, 11) is 0. The average molecular weight is 304 g/mol. The number of carbonyl (C=O) groups excluding carboxylic acids is 2. The van der Waals surface area contributed by atoms with E-state index in [2.05, 4.69) is 0 Å². The fourth-order valence-corrected chi connectivity index (χ4v) is 2.57. The molecule has 1 heterocycles. The van der Waals surface area contributed by atoms with Crippen molar-refractivity contribution in [3.05, 3.63) is 28.8 Å². The topological polar surface area (TPSA) is 72.2 Å². The molecular formula is C13H12F4N2O2. The van der Waals surface area contributed by atoms with Crippen molar-refractivity contribution in [2.75, 3.05) is 5.73 Å². The van der Waals surface area contributed by atoms with Gasteiger partial charge in [-0.3, -0.25) is 14.9 Å². The Morgan fingerprint density at radius 2 is 1.62 bits per heavy atom. The number of benzene rings is 1. The molecule has 1 saturated heterocycles. The number of rotatable bonds is 2. The van der Waals surface area contributed by atoms with Crippen LogP contribution in [0.5, 0.6) is 0 Å². The molecule has 0 radical (unpaired) electrons. The van der Waals surface area contributed by atoms with Gasteiger partial charge in [-0.05, 0) is 12.8 Å². The van der Waals surface area contributed by atoms with Crippen molar-refractivity contribution in [3.63, 3.8) is 0 Å². The highest BCUT2D eigenvalue weighted by Crippen LogP contribution is 2.41. The van der Waals surface area contributed by atoms with Crippen LogP contribution in [0, 0.1) is 23.3 Å². The van der Waals surface area contributed by atoms with Crippen LogP contribution in [0.25, 0.3) is 0 Å². The molecule has 0 aromatic heterocycles. The van der Waals surface area contributed by atoms with Gasteiger partial charge in [0.15, 0.2) is 23.3 Å². The van der Waals surface area contributed by atoms with Crippen LogP contribution in [0.15, 0.2) is 0 Å². The summed E-state index contributed by atoms with van der Waals surface area (Å²) in [5.74, 6) is -8.51. The highest BCUT2D eigenvalue weighted by molar-refractivity contribution is 6.03. The van der Waals surface area contributed by atoms with E-state index >= 15 is 0 Å². The summed E-state index contributed by atoms with van der Waals surface area (Å²) in [6.45, 7) is 1.43. The van der Waals surface area contributed by atoms with E-state index in [-0.39, 0.29) is 19.3 Å². The molecule has 8 heteroatoms. The summed E-state index contributed by atoms with van der Waals surface area (Å²) in [6, 6.07) is 0. The van der Waals surface area contributed by atoms with Crippen molar-refractivity contribution in [1.29, 1.82) is 0 Å². The second kappa shape index (κ2) is 5.01. The first-order valence-corrected chi connectivity index (χ1v) is 6.22. The van der Waals surface area contributed by atoms with Crippen molar-refractivity contribution < 1.29 is 27.2 Å². The first-order valence-electron chi connectivity index (χ1n) is 6.22. The number of hydrogen-bond acceptors (Lipinski definition) is 3. The molecule has 1 aromatic rings. The van der Waals surface area contributed by atoms with Crippen molar-refractivity contribution in [3.8, 4) is 0 Å². The Balaban J connectivity index is 2.75. The molecule has 0 spiro atoms. The van der Waals surface area contributed by atoms with Crippen LogP contribution in [0.4, 0.5) is 23.2 Å². The first kappa shape index (κ1) is 15.3. The second-order valence-electron chi connectivity index (χ2n) is 4.86. The number of nitrogens with two attached hydrogens (primary N) is 1. The smallest absolute Gasteiger partial charge is 0.237 e. The third kappa shape index (κ3) is 2.05. The highest BCUT2D eigenvalue weighted by atomic mass is 19.2. The standard InChI is InChI=1S/C13H12F4N2O2/c1-2-13(4-3-5(20)19-12(13)21)6-7(14)9(16)11(18)10(17)8(6)15/h2-4,18H2,1H3,(H,19,20,21)/t13-/m0/s1. The second-order valence-corrected chi connectivity index (χ2v) is 4.86. The Hall–Kier alpha value is -2.12. The van der Waals surface area contributed by atoms with E-state index in [1.54, 1.807) is 0 Å². The van der Waals surface area contributed by atoms with Gasteiger partial charge in [0.05, 0.1) is 5.41 Å². The molecule has 0 bridgehead atoms. The van der Waals surface area contributed by atoms with Gasteiger partial charge in [-0.15, -0.1) is 0 Å². The van der Waals surface area contributed by atoms with Crippen LogP contribution in [-0.4, -0.2) is 11.8 Å². The lowest BCUT2D eigenvalue weighted by atomic mass is 9.71. The number of anilines is 1. The van der Waals surface area contributed by atoms with E-state index in [4.69, 9.17) is 5.73 Å². The number of nitrogen functional groups attached to an aromatic ring is 1. The lowest BCUT2D eigenvalue weighted by Crippen LogP contribution is -2.52. The summed E-state index contributed by atoms with van der Waals surface area (Å²) >= 11 is 0. The van der Waals surface area contributed by atoms with E-state index in [1.165, 1.54) is 6.92 Å². The van der Waals surface area contributed by atoms with Gasteiger partial charge < -0.3 is 5.73 Å². The third-order valence-electron chi connectivity index (χ3n) is 3.85. The SMILES string of the molecule is CC[C@@]1(c2c(F)c(F)c(N)c(F)c2F)CCC(=O)NC1=O. The third-order valence-corrected chi connectivity index (χ3v) is 3.85. The molecule has 0 unspecified atom stereocenters. The minimum atomic E-state index is -1.85. The zero-order chi connectivity index (χ0) is 15.9. The van der Waals surface area contributed by atoms with Crippen molar-refractivity contribution in [2.45, 2.75) is 31.6 Å². The van der Waals surface area contributed by atoms with Gasteiger partial charge in [-0.25, -0.2) is 17.6 Å². The fourth-order valence-electron chi connectivity index (χ4n) is 2.57. The van der Waals surface area contributed by atoms with Crippen LogP contribution in [0.1, 0.15) is 31.7 Å². The molecule has 114 valence electrons. The molecule has 21 heavy (non-hydrogen) atoms. The largest absolute Gasteiger partial charge is 0.394 e. The number of piperidine rings is 1. The normalized spacial score (nSPS) is 22.3. The molecule has 1 fully saturated rings. The van der Waals surface area contributed by atoms with Crippen LogP contribution in [0.3, 0.4) is 0 Å². The van der Waals surface area contributed by atoms with E-state index in [0.717, 1.165) is 0 Å².